The molecule has 1 saturated heterocycles. The van der Waals surface area contributed by atoms with E-state index in [4.69, 9.17) is 20.2 Å². The summed E-state index contributed by atoms with van der Waals surface area (Å²) >= 11 is 0. The Kier molecular flexibility index (Phi) is 3.96. The highest BCUT2D eigenvalue weighted by Gasteiger charge is 2.43. The van der Waals surface area contributed by atoms with Crippen molar-refractivity contribution in [3.05, 3.63) is 0 Å². The van der Waals surface area contributed by atoms with Gasteiger partial charge in [0.25, 0.3) is 8.53 Å². The van der Waals surface area contributed by atoms with Crippen molar-refractivity contribution in [1.29, 1.82) is 0 Å². The topological polar surface area (TPSA) is 125 Å². The summed E-state index contributed by atoms with van der Waals surface area (Å²) in [5.74, 6) is 0. The number of nitrogens with two attached hydrogens (primary N) is 1. The second-order valence-electron chi connectivity index (χ2n) is 2.61. The molecule has 1 unspecified atom stereocenters. The summed E-state index contributed by atoms with van der Waals surface area (Å²) in [6.45, 7) is -0.438. The standard InChI is InChI=1S/C5H12NO6P/c6-13(10)12-5-4(9)3(8)2(1-7)11-5/h2-5,7-10H,1,6H2/t2-,3-,4-,5-,13?/m0/s1. The summed E-state index contributed by atoms with van der Waals surface area (Å²) < 4.78 is 9.43. The number of aliphatic hydroxyl groups is 3. The molecule has 78 valence electrons. The fraction of sp³-hybridized carbons (Fsp3) is 1.00. The molecule has 1 aliphatic rings. The van der Waals surface area contributed by atoms with Gasteiger partial charge in [-0.3, -0.25) is 10.0 Å². The number of aliphatic hydroxyl groups excluding tert-OH is 3. The van der Waals surface area contributed by atoms with Gasteiger partial charge >= 0.3 is 0 Å². The van der Waals surface area contributed by atoms with Gasteiger partial charge in [-0.2, -0.15) is 0 Å². The molecule has 0 saturated carbocycles. The van der Waals surface area contributed by atoms with Crippen LogP contribution < -0.4 is 5.50 Å². The largest absolute Gasteiger partial charge is 0.394 e. The van der Waals surface area contributed by atoms with E-state index in [0.717, 1.165) is 0 Å². The first-order chi connectivity index (χ1) is 6.06. The van der Waals surface area contributed by atoms with Crippen molar-refractivity contribution in [1.82, 2.24) is 0 Å². The molecule has 0 amide bonds. The summed E-state index contributed by atoms with van der Waals surface area (Å²) in [7, 11) is -2.16. The Balaban J connectivity index is 2.50. The fourth-order valence-electron chi connectivity index (χ4n) is 1.06. The van der Waals surface area contributed by atoms with Gasteiger partial charge in [-0.25, -0.2) is 0 Å². The van der Waals surface area contributed by atoms with Gasteiger partial charge in [-0.15, -0.1) is 0 Å². The van der Waals surface area contributed by atoms with E-state index in [0.29, 0.717) is 0 Å². The molecular formula is C5H12NO6P. The minimum absolute atomic E-state index is 0.438. The monoisotopic (exact) mass is 213 g/mol. The van der Waals surface area contributed by atoms with Crippen molar-refractivity contribution in [3.8, 4) is 0 Å². The normalized spacial score (nSPS) is 42.2. The quantitative estimate of drug-likeness (QED) is 0.331. The maximum absolute atomic E-state index is 9.24. The molecule has 13 heavy (non-hydrogen) atoms. The maximum Gasteiger partial charge on any atom is 0.252 e. The average Bonchev–Trinajstić information content (AvgIpc) is 2.32. The third kappa shape index (κ3) is 2.55. The van der Waals surface area contributed by atoms with Crippen molar-refractivity contribution in [2.75, 3.05) is 6.61 Å². The van der Waals surface area contributed by atoms with Crippen LogP contribution in [-0.2, 0) is 9.26 Å². The van der Waals surface area contributed by atoms with E-state index in [1.54, 1.807) is 0 Å². The Labute approximate surface area is 75.7 Å². The molecule has 0 aromatic rings. The van der Waals surface area contributed by atoms with Crippen molar-refractivity contribution in [2.24, 2.45) is 5.50 Å². The van der Waals surface area contributed by atoms with E-state index in [-0.39, 0.29) is 0 Å². The Hall–Kier alpha value is 0.150. The van der Waals surface area contributed by atoms with Gasteiger partial charge in [0.05, 0.1) is 6.61 Å². The van der Waals surface area contributed by atoms with Gasteiger partial charge in [0.1, 0.15) is 18.3 Å². The van der Waals surface area contributed by atoms with Gasteiger partial charge in [0.15, 0.2) is 6.29 Å². The van der Waals surface area contributed by atoms with Gasteiger partial charge in [-0.1, -0.05) is 0 Å². The van der Waals surface area contributed by atoms with Crippen LogP contribution >= 0.6 is 8.53 Å². The average molecular weight is 213 g/mol. The zero-order chi connectivity index (χ0) is 10.0. The van der Waals surface area contributed by atoms with E-state index in [2.05, 4.69) is 4.52 Å². The number of hydrogen-bond donors (Lipinski definition) is 5. The minimum Gasteiger partial charge on any atom is -0.394 e. The van der Waals surface area contributed by atoms with Gasteiger partial charge in [0, 0.05) is 0 Å². The Morgan fingerprint density at radius 1 is 1.38 bits per heavy atom. The molecular weight excluding hydrogens is 201 g/mol. The third-order valence-electron chi connectivity index (χ3n) is 1.71. The Bertz CT molecular complexity index is 169. The molecule has 6 N–H and O–H groups in total. The third-order valence-corrected chi connectivity index (χ3v) is 2.13. The summed E-state index contributed by atoms with van der Waals surface area (Å²) in [4.78, 5) is 8.66. The summed E-state index contributed by atoms with van der Waals surface area (Å²) in [6.07, 6.45) is -4.63. The Morgan fingerprint density at radius 3 is 2.38 bits per heavy atom. The molecule has 0 radical (unpaired) electrons. The number of rotatable bonds is 3. The lowest BCUT2D eigenvalue weighted by Crippen LogP contribution is -2.34. The lowest BCUT2D eigenvalue weighted by molar-refractivity contribution is -0.115. The van der Waals surface area contributed by atoms with Gasteiger partial charge in [0.2, 0.25) is 0 Å². The van der Waals surface area contributed by atoms with Crippen LogP contribution in [0.1, 0.15) is 0 Å². The smallest absolute Gasteiger partial charge is 0.252 e. The van der Waals surface area contributed by atoms with Crippen LogP contribution in [0.25, 0.3) is 0 Å². The van der Waals surface area contributed by atoms with Crippen molar-refractivity contribution < 1.29 is 29.5 Å². The van der Waals surface area contributed by atoms with E-state index < -0.39 is 39.7 Å². The maximum atomic E-state index is 9.24. The molecule has 7 nitrogen and oxygen atoms in total. The highest BCUT2D eigenvalue weighted by atomic mass is 31.2. The van der Waals surface area contributed by atoms with Crippen molar-refractivity contribution in [3.63, 3.8) is 0 Å². The van der Waals surface area contributed by atoms with Crippen molar-refractivity contribution in [2.45, 2.75) is 24.6 Å². The van der Waals surface area contributed by atoms with Crippen LogP contribution in [0.5, 0.6) is 0 Å². The summed E-state index contributed by atoms with van der Waals surface area (Å²) in [5.41, 5.74) is 4.93. The molecule has 1 rings (SSSR count). The molecule has 8 heteroatoms. The van der Waals surface area contributed by atoms with Crippen molar-refractivity contribution >= 4 is 8.53 Å². The van der Waals surface area contributed by atoms with E-state index in [9.17, 15) is 10.2 Å². The molecule has 1 heterocycles. The van der Waals surface area contributed by atoms with E-state index in [1.807, 2.05) is 0 Å². The SMILES string of the molecule is NP(O)O[C@@H]1O[C@@H](CO)[C@H](O)[C@@H]1O. The second-order valence-corrected chi connectivity index (χ2v) is 3.43. The minimum atomic E-state index is -2.16. The highest BCUT2D eigenvalue weighted by molar-refractivity contribution is 7.43. The van der Waals surface area contributed by atoms with Gasteiger partial charge in [-0.05, 0) is 0 Å². The molecule has 5 atom stereocenters. The lowest BCUT2D eigenvalue weighted by atomic mass is 10.1. The van der Waals surface area contributed by atoms with E-state index >= 15 is 0 Å². The van der Waals surface area contributed by atoms with Crippen LogP contribution in [0.3, 0.4) is 0 Å². The number of ether oxygens (including phenoxy) is 1. The van der Waals surface area contributed by atoms with Crippen LogP contribution in [0.15, 0.2) is 0 Å². The molecule has 0 aromatic heterocycles. The molecule has 0 aromatic carbocycles. The molecule has 0 bridgehead atoms. The van der Waals surface area contributed by atoms with Crippen LogP contribution in [-0.4, -0.2) is 51.4 Å². The summed E-state index contributed by atoms with van der Waals surface area (Å²) in [6, 6.07) is 0. The van der Waals surface area contributed by atoms with Crippen LogP contribution in [0, 0.1) is 0 Å². The first-order valence-electron chi connectivity index (χ1n) is 3.59. The summed E-state index contributed by atoms with van der Waals surface area (Å²) in [5, 5.41) is 27.1. The predicted octanol–water partition coefficient (Wildman–Crippen LogP) is -2.38. The molecule has 0 spiro atoms. The molecule has 1 fully saturated rings. The zero-order valence-electron chi connectivity index (χ0n) is 6.65. The fourth-order valence-corrected chi connectivity index (χ4v) is 1.45. The first kappa shape index (κ1) is 11.2. The van der Waals surface area contributed by atoms with Crippen LogP contribution in [0.2, 0.25) is 0 Å². The predicted molar refractivity (Wildman–Crippen MR) is 42.2 cm³/mol. The molecule has 0 aliphatic carbocycles. The lowest BCUT2D eigenvalue weighted by Gasteiger charge is -2.15. The van der Waals surface area contributed by atoms with Gasteiger partial charge < -0.3 is 24.9 Å². The zero-order valence-corrected chi connectivity index (χ0v) is 7.54. The first-order valence-corrected chi connectivity index (χ1v) is 4.87. The number of hydrogen-bond acceptors (Lipinski definition) is 7. The second kappa shape index (κ2) is 4.59. The van der Waals surface area contributed by atoms with Crippen LogP contribution in [0.4, 0.5) is 0 Å². The highest BCUT2D eigenvalue weighted by Crippen LogP contribution is 2.31. The molecule has 1 aliphatic heterocycles. The Morgan fingerprint density at radius 2 is 2.00 bits per heavy atom. The van der Waals surface area contributed by atoms with E-state index in [1.165, 1.54) is 0 Å².